The highest BCUT2D eigenvalue weighted by atomic mass is 16.5. The second-order valence-electron chi connectivity index (χ2n) is 8.20. The Bertz CT molecular complexity index is 809. The van der Waals surface area contributed by atoms with Crippen molar-refractivity contribution in [2.24, 2.45) is 0 Å². The predicted octanol–water partition coefficient (Wildman–Crippen LogP) is 6.48. The minimum atomic E-state index is -0.709. The van der Waals surface area contributed by atoms with Crippen LogP contribution in [-0.4, -0.2) is 24.2 Å². The van der Waals surface area contributed by atoms with Crippen LogP contribution in [0.1, 0.15) is 72.1 Å². The predicted molar refractivity (Wildman–Crippen MR) is 120 cm³/mol. The van der Waals surface area contributed by atoms with Gasteiger partial charge >= 0.3 is 0 Å². The number of hydrogen-bond acceptors (Lipinski definition) is 3. The zero-order valence-electron chi connectivity index (χ0n) is 18.1. The van der Waals surface area contributed by atoms with Crippen LogP contribution in [0.3, 0.4) is 0 Å². The van der Waals surface area contributed by atoms with E-state index in [2.05, 4.69) is 32.2 Å². The van der Waals surface area contributed by atoms with Crippen LogP contribution < -0.4 is 10.1 Å². The molecular weight excluding hydrogens is 362 g/mol. The van der Waals surface area contributed by atoms with E-state index < -0.39 is 5.60 Å². The Morgan fingerprint density at radius 3 is 2.38 bits per heavy atom. The van der Waals surface area contributed by atoms with E-state index >= 15 is 0 Å². The minimum Gasteiger partial charge on any atom is -0.490 e. The molecule has 1 amide bonds. The summed E-state index contributed by atoms with van der Waals surface area (Å²) in [6, 6.07) is 12.0. The number of ether oxygens (including phenoxy) is 2. The molecule has 0 bridgehead atoms. The van der Waals surface area contributed by atoms with E-state index in [1.807, 2.05) is 30.3 Å². The molecule has 1 N–H and O–H groups in total. The number of carbonyl (C=O) groups is 1. The molecule has 2 aromatic rings. The Balaban J connectivity index is 1.90. The van der Waals surface area contributed by atoms with Gasteiger partial charge < -0.3 is 14.8 Å². The summed E-state index contributed by atoms with van der Waals surface area (Å²) >= 11 is 0. The summed E-state index contributed by atoms with van der Waals surface area (Å²) in [5.41, 5.74) is 0.116. The van der Waals surface area contributed by atoms with Gasteiger partial charge in [0.1, 0.15) is 11.4 Å². The van der Waals surface area contributed by atoms with Gasteiger partial charge in [0.25, 0.3) is 5.91 Å². The Hall–Kier alpha value is -2.07. The highest BCUT2D eigenvalue weighted by molar-refractivity contribution is 6.06. The molecule has 0 aromatic heterocycles. The molecule has 0 spiro atoms. The number of nitrogens with one attached hydrogen (secondary N) is 1. The molecule has 0 saturated heterocycles. The molecule has 0 heterocycles. The summed E-state index contributed by atoms with van der Waals surface area (Å²) in [5.74, 6) is 0.855. The van der Waals surface area contributed by atoms with Crippen LogP contribution in [0.5, 0.6) is 5.75 Å². The average molecular weight is 398 g/mol. The highest BCUT2D eigenvalue weighted by Gasteiger charge is 2.39. The van der Waals surface area contributed by atoms with Crippen LogP contribution in [0.25, 0.3) is 10.8 Å². The first-order valence-corrected chi connectivity index (χ1v) is 11.2. The number of anilines is 1. The third kappa shape index (κ3) is 5.11. The first kappa shape index (κ1) is 21.6. The van der Waals surface area contributed by atoms with Gasteiger partial charge in [-0.2, -0.15) is 0 Å². The Kier molecular flexibility index (Phi) is 7.54. The van der Waals surface area contributed by atoms with Gasteiger partial charge in [-0.1, -0.05) is 63.8 Å². The fraction of sp³-hybridized carbons (Fsp3) is 0.560. The van der Waals surface area contributed by atoms with Crippen LogP contribution >= 0.6 is 0 Å². The lowest BCUT2D eigenvalue weighted by molar-refractivity contribution is -0.143. The summed E-state index contributed by atoms with van der Waals surface area (Å²) in [4.78, 5) is 13.4. The minimum absolute atomic E-state index is 0.00593. The van der Waals surface area contributed by atoms with E-state index in [1.54, 1.807) is 0 Å². The highest BCUT2D eigenvalue weighted by Crippen LogP contribution is 2.35. The fourth-order valence-electron chi connectivity index (χ4n) is 4.05. The van der Waals surface area contributed by atoms with Gasteiger partial charge in [-0.3, -0.25) is 4.79 Å². The number of benzene rings is 2. The molecule has 3 rings (SSSR count). The summed E-state index contributed by atoms with van der Waals surface area (Å²) in [6.07, 6.45) is 8.04. The second-order valence-corrected chi connectivity index (χ2v) is 8.20. The number of amides is 1. The van der Waals surface area contributed by atoms with Crippen molar-refractivity contribution in [3.63, 3.8) is 0 Å². The molecular formula is C25H35NO3. The van der Waals surface area contributed by atoms with Crippen molar-refractivity contribution >= 4 is 22.4 Å². The van der Waals surface area contributed by atoms with E-state index in [1.165, 1.54) is 12.8 Å². The summed E-state index contributed by atoms with van der Waals surface area (Å²) in [7, 11) is 0. The van der Waals surface area contributed by atoms with Crippen molar-refractivity contribution in [2.45, 2.75) is 83.8 Å². The molecule has 0 radical (unpaired) electrons. The van der Waals surface area contributed by atoms with Crippen molar-refractivity contribution in [1.82, 2.24) is 0 Å². The molecule has 1 saturated carbocycles. The molecule has 2 aromatic carbocycles. The van der Waals surface area contributed by atoms with E-state index in [0.29, 0.717) is 6.61 Å². The van der Waals surface area contributed by atoms with Gasteiger partial charge in [-0.15, -0.1) is 0 Å². The molecule has 1 aliphatic carbocycles. The zero-order chi connectivity index (χ0) is 20.7. The molecule has 158 valence electrons. The monoisotopic (exact) mass is 397 g/mol. The summed E-state index contributed by atoms with van der Waals surface area (Å²) in [6.45, 7) is 6.90. The lowest BCUT2D eigenvalue weighted by Gasteiger charge is -2.32. The van der Waals surface area contributed by atoms with Crippen molar-refractivity contribution in [2.75, 3.05) is 11.9 Å². The van der Waals surface area contributed by atoms with Crippen LogP contribution in [0, 0.1) is 0 Å². The van der Waals surface area contributed by atoms with Gasteiger partial charge in [0.2, 0.25) is 0 Å². The van der Waals surface area contributed by atoms with Crippen LogP contribution in [-0.2, 0) is 9.53 Å². The Morgan fingerprint density at radius 2 is 1.72 bits per heavy atom. The molecule has 4 heteroatoms. The van der Waals surface area contributed by atoms with E-state index in [0.717, 1.165) is 60.7 Å². The number of carbonyl (C=O) groups excluding carboxylic acids is 1. The van der Waals surface area contributed by atoms with Crippen molar-refractivity contribution in [3.8, 4) is 5.75 Å². The van der Waals surface area contributed by atoms with Crippen molar-refractivity contribution in [3.05, 3.63) is 36.4 Å². The molecule has 1 aliphatic rings. The normalized spacial score (nSPS) is 17.5. The van der Waals surface area contributed by atoms with Crippen molar-refractivity contribution < 1.29 is 14.3 Å². The maximum Gasteiger partial charge on any atom is 0.256 e. The van der Waals surface area contributed by atoms with Gasteiger partial charge in [0.15, 0.2) is 0 Å². The Morgan fingerprint density at radius 1 is 1.03 bits per heavy atom. The lowest BCUT2D eigenvalue weighted by atomic mass is 9.92. The third-order valence-electron chi connectivity index (χ3n) is 5.94. The zero-order valence-corrected chi connectivity index (χ0v) is 18.1. The third-order valence-corrected chi connectivity index (χ3v) is 5.94. The quantitative estimate of drug-likeness (QED) is 0.519. The molecule has 1 unspecified atom stereocenters. The standard InChI is InChI=1S/C25H35NO3/c1-4-18-28-25(16-10-6-7-11-17-25)24(27)26-22-14-15-23(29-19(3)5-2)21-13-9-8-12-20(21)22/h8-9,12-15,19H,4-7,10-11,16-18H2,1-3H3,(H,26,27). The summed E-state index contributed by atoms with van der Waals surface area (Å²) in [5, 5.41) is 5.23. The van der Waals surface area contributed by atoms with Crippen molar-refractivity contribution in [1.29, 1.82) is 0 Å². The maximum atomic E-state index is 13.4. The van der Waals surface area contributed by atoms with Gasteiger partial charge in [-0.25, -0.2) is 0 Å². The van der Waals surface area contributed by atoms with Gasteiger partial charge in [-0.05, 0) is 44.7 Å². The Labute approximate surface area is 175 Å². The molecule has 4 nitrogen and oxygen atoms in total. The molecule has 1 fully saturated rings. The number of fused-ring (bicyclic) bond motifs is 1. The largest absolute Gasteiger partial charge is 0.490 e. The van der Waals surface area contributed by atoms with E-state index in [-0.39, 0.29) is 12.0 Å². The topological polar surface area (TPSA) is 47.6 Å². The fourth-order valence-corrected chi connectivity index (χ4v) is 4.05. The van der Waals surface area contributed by atoms with Gasteiger partial charge in [0.05, 0.1) is 6.10 Å². The second kappa shape index (κ2) is 10.1. The van der Waals surface area contributed by atoms with Crippen LogP contribution in [0.2, 0.25) is 0 Å². The van der Waals surface area contributed by atoms with Gasteiger partial charge in [0, 0.05) is 23.1 Å². The average Bonchev–Trinajstić information content (AvgIpc) is 3.00. The number of rotatable bonds is 8. The van der Waals surface area contributed by atoms with Crippen LogP contribution in [0.15, 0.2) is 36.4 Å². The lowest BCUT2D eigenvalue weighted by Crippen LogP contribution is -2.45. The smallest absolute Gasteiger partial charge is 0.256 e. The van der Waals surface area contributed by atoms with E-state index in [4.69, 9.17) is 9.47 Å². The first-order valence-electron chi connectivity index (χ1n) is 11.2. The van der Waals surface area contributed by atoms with Crippen LogP contribution in [0.4, 0.5) is 5.69 Å². The SMILES string of the molecule is CCCOC1(C(=O)Nc2ccc(OC(C)CC)c3ccccc23)CCCCCC1. The maximum absolute atomic E-state index is 13.4. The molecule has 0 aliphatic heterocycles. The summed E-state index contributed by atoms with van der Waals surface area (Å²) < 4.78 is 12.3. The molecule has 1 atom stereocenters. The first-order chi connectivity index (χ1) is 14.1. The molecule has 29 heavy (non-hydrogen) atoms. The number of hydrogen-bond donors (Lipinski definition) is 1. The van der Waals surface area contributed by atoms with E-state index in [9.17, 15) is 4.79 Å².